The first kappa shape index (κ1) is 19.8. The molecule has 0 aliphatic heterocycles. The Morgan fingerprint density at radius 2 is 1.85 bits per heavy atom. The van der Waals surface area contributed by atoms with Gasteiger partial charge in [0.05, 0.1) is 4.92 Å². The number of carbonyl (C=O) groups excluding carboxylic acids is 2. The summed E-state index contributed by atoms with van der Waals surface area (Å²) in [6, 6.07) is 9.45. The number of ether oxygens (including phenoxy) is 1. The average molecular weight is 379 g/mol. The number of alkyl halides is 2. The molecule has 2 aromatic rings. The molecule has 10 heteroatoms. The maximum atomic E-state index is 12.2. The van der Waals surface area contributed by atoms with Crippen LogP contribution < -0.4 is 15.4 Å². The van der Waals surface area contributed by atoms with Gasteiger partial charge in [0.15, 0.2) is 0 Å². The second-order valence-corrected chi connectivity index (χ2v) is 5.40. The Balaban J connectivity index is 2.00. The molecule has 2 amide bonds. The summed E-state index contributed by atoms with van der Waals surface area (Å²) >= 11 is 0. The highest BCUT2D eigenvalue weighted by Crippen LogP contribution is 2.19. The highest BCUT2D eigenvalue weighted by atomic mass is 19.3. The lowest BCUT2D eigenvalue weighted by Crippen LogP contribution is -2.41. The number of amides is 2. The third-order valence-corrected chi connectivity index (χ3v) is 3.39. The van der Waals surface area contributed by atoms with Crippen LogP contribution in [0.1, 0.15) is 17.3 Å². The number of nitrogens with one attached hydrogen (secondary N) is 2. The lowest BCUT2D eigenvalue weighted by Gasteiger charge is -2.15. The van der Waals surface area contributed by atoms with E-state index in [1.165, 1.54) is 49.4 Å². The zero-order valence-electron chi connectivity index (χ0n) is 14.0. The molecular weight excluding hydrogens is 364 g/mol. The molecule has 8 nitrogen and oxygen atoms in total. The molecular formula is C17H15F2N3O5. The Hall–Kier alpha value is -3.56. The number of hydrogen-bond donors (Lipinski definition) is 2. The van der Waals surface area contributed by atoms with Gasteiger partial charge in [-0.3, -0.25) is 19.7 Å². The van der Waals surface area contributed by atoms with E-state index in [0.717, 1.165) is 6.07 Å². The molecule has 0 spiro atoms. The summed E-state index contributed by atoms with van der Waals surface area (Å²) in [5.74, 6) is -1.41. The summed E-state index contributed by atoms with van der Waals surface area (Å²) in [6.45, 7) is -1.59. The first-order valence-corrected chi connectivity index (χ1v) is 7.67. The number of anilines is 1. The maximum absolute atomic E-state index is 12.2. The minimum atomic E-state index is -3.00. The molecule has 27 heavy (non-hydrogen) atoms. The van der Waals surface area contributed by atoms with Crippen molar-refractivity contribution in [3.05, 3.63) is 64.2 Å². The smallest absolute Gasteiger partial charge is 0.387 e. The van der Waals surface area contributed by atoms with Gasteiger partial charge in [-0.25, -0.2) is 0 Å². The molecule has 2 rings (SSSR count). The number of nitrogens with zero attached hydrogens (tertiary/aromatic N) is 1. The molecule has 1 atom stereocenters. The van der Waals surface area contributed by atoms with Crippen LogP contribution in [0.15, 0.2) is 48.5 Å². The maximum Gasteiger partial charge on any atom is 0.387 e. The van der Waals surface area contributed by atoms with E-state index >= 15 is 0 Å². The third kappa shape index (κ3) is 5.73. The summed E-state index contributed by atoms with van der Waals surface area (Å²) in [5.41, 5.74) is -0.0265. The zero-order chi connectivity index (χ0) is 20.0. The van der Waals surface area contributed by atoms with Gasteiger partial charge in [0.2, 0.25) is 5.91 Å². The minimum Gasteiger partial charge on any atom is -0.435 e. The number of rotatable bonds is 7. The van der Waals surface area contributed by atoms with Gasteiger partial charge in [-0.05, 0) is 25.1 Å². The molecule has 142 valence electrons. The van der Waals surface area contributed by atoms with Crippen LogP contribution in [-0.2, 0) is 4.79 Å². The van der Waals surface area contributed by atoms with Gasteiger partial charge < -0.3 is 15.4 Å². The molecule has 0 bridgehead atoms. The van der Waals surface area contributed by atoms with Crippen LogP contribution in [0.5, 0.6) is 5.75 Å². The van der Waals surface area contributed by atoms with Crippen LogP contribution in [0.2, 0.25) is 0 Å². The molecule has 2 aromatic carbocycles. The quantitative estimate of drug-likeness (QED) is 0.568. The molecule has 0 aromatic heterocycles. The Labute approximate surface area is 152 Å². The predicted molar refractivity (Wildman–Crippen MR) is 91.7 cm³/mol. The van der Waals surface area contributed by atoms with E-state index in [1.54, 1.807) is 0 Å². The van der Waals surface area contributed by atoms with Gasteiger partial charge in [-0.1, -0.05) is 12.1 Å². The first-order valence-electron chi connectivity index (χ1n) is 7.67. The molecule has 2 N–H and O–H groups in total. The molecule has 0 aliphatic carbocycles. The van der Waals surface area contributed by atoms with Crippen LogP contribution in [-0.4, -0.2) is 29.4 Å². The molecule has 1 unspecified atom stereocenters. The number of non-ortho nitro benzene ring substituents is 1. The SMILES string of the molecule is CC(NC(=O)c1cccc([N+](=O)[O-])c1)C(=O)Nc1cccc(OC(F)F)c1. The number of halogens is 2. The zero-order valence-corrected chi connectivity index (χ0v) is 14.0. The summed E-state index contributed by atoms with van der Waals surface area (Å²) in [7, 11) is 0. The van der Waals surface area contributed by atoms with Crippen LogP contribution in [0.3, 0.4) is 0 Å². The van der Waals surface area contributed by atoms with Gasteiger partial charge in [0.1, 0.15) is 11.8 Å². The standard InChI is InChI=1S/C17H15F2N3O5/c1-10(20-16(24)11-4-2-6-13(8-11)22(25)26)15(23)21-12-5-3-7-14(9-12)27-17(18)19/h2-10,17H,1H3,(H,20,24)(H,21,23). The number of nitro groups is 1. The van der Waals surface area contributed by atoms with Gasteiger partial charge in [-0.15, -0.1) is 0 Å². The lowest BCUT2D eigenvalue weighted by atomic mass is 10.1. The fourth-order valence-electron chi connectivity index (χ4n) is 2.11. The van der Waals surface area contributed by atoms with E-state index in [-0.39, 0.29) is 22.7 Å². The summed E-state index contributed by atoms with van der Waals surface area (Å²) < 4.78 is 28.7. The van der Waals surface area contributed by atoms with Crippen molar-refractivity contribution in [3.63, 3.8) is 0 Å². The largest absolute Gasteiger partial charge is 0.435 e. The Morgan fingerprint density at radius 3 is 2.52 bits per heavy atom. The number of hydrogen-bond acceptors (Lipinski definition) is 5. The second-order valence-electron chi connectivity index (χ2n) is 5.40. The molecule has 0 heterocycles. The van der Waals surface area contributed by atoms with Crippen molar-refractivity contribution in [2.24, 2.45) is 0 Å². The molecule has 0 aliphatic rings. The molecule has 0 radical (unpaired) electrons. The lowest BCUT2D eigenvalue weighted by molar-refractivity contribution is -0.384. The third-order valence-electron chi connectivity index (χ3n) is 3.39. The van der Waals surface area contributed by atoms with Crippen molar-refractivity contribution in [2.45, 2.75) is 19.6 Å². The fraction of sp³-hybridized carbons (Fsp3) is 0.176. The summed E-state index contributed by atoms with van der Waals surface area (Å²) in [4.78, 5) is 34.4. The van der Waals surface area contributed by atoms with E-state index in [0.29, 0.717) is 0 Å². The van der Waals surface area contributed by atoms with Gasteiger partial charge in [-0.2, -0.15) is 8.78 Å². The predicted octanol–water partition coefficient (Wildman–Crippen LogP) is 2.95. The molecule has 0 saturated heterocycles. The summed E-state index contributed by atoms with van der Waals surface area (Å²) in [6.07, 6.45) is 0. The van der Waals surface area contributed by atoms with Gasteiger partial charge in [0.25, 0.3) is 11.6 Å². The van der Waals surface area contributed by atoms with E-state index < -0.39 is 29.4 Å². The first-order chi connectivity index (χ1) is 12.8. The van der Waals surface area contributed by atoms with Crippen molar-refractivity contribution in [2.75, 3.05) is 5.32 Å². The topological polar surface area (TPSA) is 111 Å². The van der Waals surface area contributed by atoms with Crippen molar-refractivity contribution >= 4 is 23.2 Å². The van der Waals surface area contributed by atoms with Gasteiger partial charge in [0, 0.05) is 29.4 Å². The van der Waals surface area contributed by atoms with Crippen molar-refractivity contribution in [1.29, 1.82) is 0 Å². The van der Waals surface area contributed by atoms with Gasteiger partial charge >= 0.3 is 6.61 Å². The average Bonchev–Trinajstić information content (AvgIpc) is 2.61. The Kier molecular flexibility index (Phi) is 6.36. The fourth-order valence-corrected chi connectivity index (χ4v) is 2.11. The van der Waals surface area contributed by atoms with Crippen molar-refractivity contribution in [1.82, 2.24) is 5.32 Å². The van der Waals surface area contributed by atoms with Crippen molar-refractivity contribution < 1.29 is 28.0 Å². The highest BCUT2D eigenvalue weighted by molar-refractivity contribution is 6.01. The normalized spacial score (nSPS) is 11.6. The van der Waals surface area contributed by atoms with E-state index in [1.807, 2.05) is 0 Å². The van der Waals surface area contributed by atoms with Crippen LogP contribution >= 0.6 is 0 Å². The number of carbonyl (C=O) groups is 2. The molecule has 0 saturated carbocycles. The Bertz CT molecular complexity index is 860. The Morgan fingerprint density at radius 1 is 1.15 bits per heavy atom. The summed E-state index contributed by atoms with van der Waals surface area (Å²) in [5, 5.41) is 15.6. The number of benzene rings is 2. The van der Waals surface area contributed by atoms with Crippen LogP contribution in [0.4, 0.5) is 20.2 Å². The van der Waals surface area contributed by atoms with Crippen molar-refractivity contribution in [3.8, 4) is 5.75 Å². The molecule has 0 fully saturated rings. The highest BCUT2D eigenvalue weighted by Gasteiger charge is 2.18. The second kappa shape index (κ2) is 8.70. The van der Waals surface area contributed by atoms with Crippen LogP contribution in [0, 0.1) is 10.1 Å². The van der Waals surface area contributed by atoms with E-state index in [9.17, 15) is 28.5 Å². The van der Waals surface area contributed by atoms with E-state index in [4.69, 9.17) is 0 Å². The van der Waals surface area contributed by atoms with Crippen LogP contribution in [0.25, 0.3) is 0 Å². The van der Waals surface area contributed by atoms with E-state index in [2.05, 4.69) is 15.4 Å². The number of nitro benzene ring substituents is 1. The minimum absolute atomic E-state index is 0.0242. The monoisotopic (exact) mass is 379 g/mol.